The summed E-state index contributed by atoms with van der Waals surface area (Å²) >= 11 is 1.76. The zero-order chi connectivity index (χ0) is 14.3. The molecule has 0 radical (unpaired) electrons. The van der Waals surface area contributed by atoms with Crippen molar-refractivity contribution in [3.8, 4) is 0 Å². The van der Waals surface area contributed by atoms with Crippen LogP contribution in [0.4, 0.5) is 0 Å². The lowest BCUT2D eigenvalue weighted by molar-refractivity contribution is 0.0766. The minimum Gasteiger partial charge on any atom is -0.337 e. The Balaban J connectivity index is 1.49. The Bertz CT molecular complexity index is 521. The molecule has 0 aromatic carbocycles. The lowest BCUT2D eigenvalue weighted by atomic mass is 9.78. The lowest BCUT2D eigenvalue weighted by Crippen LogP contribution is -2.39. The van der Waals surface area contributed by atoms with Crippen molar-refractivity contribution in [3.05, 3.63) is 21.4 Å². The van der Waals surface area contributed by atoms with Crippen LogP contribution in [0.3, 0.4) is 0 Å². The van der Waals surface area contributed by atoms with Crippen molar-refractivity contribution in [3.63, 3.8) is 0 Å². The number of amides is 1. The van der Waals surface area contributed by atoms with Crippen LogP contribution in [0.15, 0.2) is 6.07 Å². The van der Waals surface area contributed by atoms with Crippen LogP contribution in [0.25, 0.3) is 0 Å². The molecule has 21 heavy (non-hydrogen) atoms. The summed E-state index contributed by atoms with van der Waals surface area (Å²) in [6, 6.07) is 2.19. The fraction of sp³-hybridized carbons (Fsp3) is 0.706. The number of fused-ring (bicyclic) bond motifs is 1. The van der Waals surface area contributed by atoms with E-state index in [1.165, 1.54) is 55.4 Å². The van der Waals surface area contributed by atoms with E-state index in [9.17, 15) is 4.79 Å². The van der Waals surface area contributed by atoms with E-state index < -0.39 is 0 Å². The number of piperidine rings is 1. The van der Waals surface area contributed by atoms with E-state index in [2.05, 4.69) is 16.3 Å². The monoisotopic (exact) mass is 304 g/mol. The zero-order valence-electron chi connectivity index (χ0n) is 12.6. The molecule has 3 nitrogen and oxygen atoms in total. The van der Waals surface area contributed by atoms with Gasteiger partial charge in [0.2, 0.25) is 0 Å². The summed E-state index contributed by atoms with van der Waals surface area (Å²) in [7, 11) is 0. The largest absolute Gasteiger partial charge is 0.337 e. The molecule has 0 atom stereocenters. The predicted octanol–water partition coefficient (Wildman–Crippen LogP) is 2.84. The van der Waals surface area contributed by atoms with E-state index in [1.807, 2.05) is 0 Å². The Morgan fingerprint density at radius 3 is 2.81 bits per heavy atom. The number of hydrogen-bond donors (Lipinski definition) is 1. The number of aryl methyl sites for hydroxylation is 2. The van der Waals surface area contributed by atoms with E-state index in [1.54, 1.807) is 11.3 Å². The summed E-state index contributed by atoms with van der Waals surface area (Å²) in [5, 5.41) is 3.44. The molecule has 0 bridgehead atoms. The van der Waals surface area contributed by atoms with Gasteiger partial charge in [-0.1, -0.05) is 0 Å². The summed E-state index contributed by atoms with van der Waals surface area (Å²) in [6.07, 6.45) is 8.61. The van der Waals surface area contributed by atoms with Crippen LogP contribution in [-0.4, -0.2) is 37.0 Å². The molecule has 1 aromatic heterocycles. The quantitative estimate of drug-likeness (QED) is 0.865. The second kappa shape index (κ2) is 5.40. The molecular formula is C17H24N2OS. The summed E-state index contributed by atoms with van der Waals surface area (Å²) in [5.74, 6) is 0.296. The lowest BCUT2D eigenvalue weighted by Gasteiger charge is -2.33. The Morgan fingerprint density at radius 1 is 1.19 bits per heavy atom. The van der Waals surface area contributed by atoms with Gasteiger partial charge in [0, 0.05) is 18.0 Å². The van der Waals surface area contributed by atoms with Crippen molar-refractivity contribution in [2.24, 2.45) is 5.41 Å². The third-order valence-electron chi connectivity index (χ3n) is 5.60. The number of rotatable bonds is 1. The van der Waals surface area contributed by atoms with Crippen molar-refractivity contribution in [2.45, 2.75) is 44.9 Å². The second-order valence-electron chi connectivity index (χ2n) is 6.99. The highest BCUT2D eigenvalue weighted by molar-refractivity contribution is 7.14. The van der Waals surface area contributed by atoms with Gasteiger partial charge in [-0.3, -0.25) is 4.79 Å². The molecule has 4 heteroatoms. The van der Waals surface area contributed by atoms with Crippen molar-refractivity contribution in [1.29, 1.82) is 0 Å². The normalized spacial score (nSPS) is 24.3. The SMILES string of the molecule is O=C(c1cc2c(s1)CCCC2)N1CCC2(CCNCC2)C1. The first-order valence-corrected chi connectivity index (χ1v) is 9.19. The number of carbonyl (C=O) groups is 1. The van der Waals surface area contributed by atoms with Crippen LogP contribution in [0.5, 0.6) is 0 Å². The number of carbonyl (C=O) groups excluding carboxylic acids is 1. The molecule has 0 saturated carbocycles. The van der Waals surface area contributed by atoms with Crippen LogP contribution in [0, 0.1) is 5.41 Å². The van der Waals surface area contributed by atoms with Gasteiger partial charge in [-0.15, -0.1) is 11.3 Å². The molecule has 3 aliphatic rings. The first-order chi connectivity index (χ1) is 10.3. The van der Waals surface area contributed by atoms with Gasteiger partial charge in [-0.25, -0.2) is 0 Å². The molecule has 1 spiro atoms. The summed E-state index contributed by atoms with van der Waals surface area (Å²) in [6.45, 7) is 4.18. The highest BCUT2D eigenvalue weighted by Crippen LogP contribution is 2.40. The molecule has 114 valence electrons. The molecule has 1 amide bonds. The van der Waals surface area contributed by atoms with Gasteiger partial charge >= 0.3 is 0 Å². The average Bonchev–Trinajstić information content (AvgIpc) is 3.12. The molecule has 4 rings (SSSR count). The number of thiophene rings is 1. The standard InChI is InChI=1S/C17H24N2OS/c20-16(15-11-13-3-1-2-4-14(13)21-15)19-10-7-17(12-19)5-8-18-9-6-17/h11,18H,1-10,12H2. The van der Waals surface area contributed by atoms with E-state index in [-0.39, 0.29) is 0 Å². The molecule has 0 unspecified atom stereocenters. The van der Waals surface area contributed by atoms with E-state index in [0.717, 1.165) is 31.1 Å². The highest BCUT2D eigenvalue weighted by Gasteiger charge is 2.41. The molecule has 2 saturated heterocycles. The molecule has 1 N–H and O–H groups in total. The highest BCUT2D eigenvalue weighted by atomic mass is 32.1. The minimum atomic E-state index is 0.296. The number of likely N-dealkylation sites (tertiary alicyclic amines) is 1. The first-order valence-electron chi connectivity index (χ1n) is 8.37. The van der Waals surface area contributed by atoms with Gasteiger partial charge in [0.25, 0.3) is 5.91 Å². The van der Waals surface area contributed by atoms with Crippen molar-refractivity contribution in [1.82, 2.24) is 10.2 Å². The Hall–Kier alpha value is -0.870. The smallest absolute Gasteiger partial charge is 0.263 e. The van der Waals surface area contributed by atoms with Crippen molar-refractivity contribution in [2.75, 3.05) is 26.2 Å². The number of nitrogens with one attached hydrogen (secondary N) is 1. The Morgan fingerprint density at radius 2 is 2.00 bits per heavy atom. The predicted molar refractivity (Wildman–Crippen MR) is 86.0 cm³/mol. The summed E-state index contributed by atoms with van der Waals surface area (Å²) < 4.78 is 0. The van der Waals surface area contributed by atoms with Gasteiger partial charge in [-0.05, 0) is 75.1 Å². The first kappa shape index (κ1) is 13.8. The van der Waals surface area contributed by atoms with E-state index >= 15 is 0 Å². The Kier molecular flexibility index (Phi) is 3.54. The van der Waals surface area contributed by atoms with Gasteiger partial charge in [0.05, 0.1) is 4.88 Å². The average molecular weight is 304 g/mol. The fourth-order valence-corrected chi connectivity index (χ4v) is 5.45. The third-order valence-corrected chi connectivity index (χ3v) is 6.82. The maximum Gasteiger partial charge on any atom is 0.263 e. The number of nitrogens with zero attached hydrogens (tertiary/aromatic N) is 1. The second-order valence-corrected chi connectivity index (χ2v) is 8.13. The maximum absolute atomic E-state index is 12.8. The third kappa shape index (κ3) is 2.53. The van der Waals surface area contributed by atoms with Crippen LogP contribution in [0.2, 0.25) is 0 Å². The Labute approximate surface area is 130 Å². The summed E-state index contributed by atoms with van der Waals surface area (Å²) in [5.41, 5.74) is 1.86. The number of hydrogen-bond acceptors (Lipinski definition) is 3. The molecule has 1 aliphatic carbocycles. The minimum absolute atomic E-state index is 0.296. The van der Waals surface area contributed by atoms with Crippen LogP contribution in [-0.2, 0) is 12.8 Å². The van der Waals surface area contributed by atoms with Gasteiger partial charge in [0.15, 0.2) is 0 Å². The fourth-order valence-electron chi connectivity index (χ4n) is 4.23. The van der Waals surface area contributed by atoms with E-state index in [0.29, 0.717) is 11.3 Å². The molecule has 2 fully saturated rings. The van der Waals surface area contributed by atoms with Crippen LogP contribution >= 0.6 is 11.3 Å². The van der Waals surface area contributed by atoms with Crippen molar-refractivity contribution < 1.29 is 4.79 Å². The van der Waals surface area contributed by atoms with Gasteiger partial charge in [0.1, 0.15) is 0 Å². The maximum atomic E-state index is 12.8. The van der Waals surface area contributed by atoms with E-state index in [4.69, 9.17) is 0 Å². The molecular weight excluding hydrogens is 280 g/mol. The zero-order valence-corrected chi connectivity index (χ0v) is 13.4. The molecule has 1 aromatic rings. The summed E-state index contributed by atoms with van der Waals surface area (Å²) in [4.78, 5) is 17.4. The van der Waals surface area contributed by atoms with Crippen molar-refractivity contribution >= 4 is 17.2 Å². The van der Waals surface area contributed by atoms with Gasteiger partial charge < -0.3 is 10.2 Å². The molecule has 3 heterocycles. The van der Waals surface area contributed by atoms with Crippen LogP contribution in [0.1, 0.15) is 52.2 Å². The van der Waals surface area contributed by atoms with Crippen LogP contribution < -0.4 is 5.32 Å². The topological polar surface area (TPSA) is 32.3 Å². The van der Waals surface area contributed by atoms with Gasteiger partial charge in [-0.2, -0.15) is 0 Å². The molecule has 2 aliphatic heterocycles.